The van der Waals surface area contributed by atoms with Crippen LogP contribution in [0.3, 0.4) is 0 Å². The van der Waals surface area contributed by atoms with Crippen molar-refractivity contribution in [1.82, 2.24) is 15.2 Å². The number of thioether (sulfide) groups is 1. The van der Waals surface area contributed by atoms with Crippen molar-refractivity contribution in [2.45, 2.75) is 24.3 Å². The number of aromatic nitrogens is 3. The molecule has 2 aromatic rings. The third-order valence-corrected chi connectivity index (χ3v) is 4.76. The predicted octanol–water partition coefficient (Wildman–Crippen LogP) is 1.70. The van der Waals surface area contributed by atoms with Gasteiger partial charge in [0.05, 0.1) is 25.3 Å². The van der Waals surface area contributed by atoms with Gasteiger partial charge < -0.3 is 4.90 Å². The summed E-state index contributed by atoms with van der Waals surface area (Å²) in [5.74, 6) is 1.12. The molecule has 4 nitrogen and oxygen atoms in total. The lowest BCUT2D eigenvalue weighted by Gasteiger charge is -2.23. The summed E-state index contributed by atoms with van der Waals surface area (Å²) in [6.45, 7) is 3.91. The van der Waals surface area contributed by atoms with Crippen LogP contribution in [0.2, 0.25) is 0 Å². The summed E-state index contributed by atoms with van der Waals surface area (Å²) in [6.07, 6.45) is 5.97. The van der Waals surface area contributed by atoms with Gasteiger partial charge in [-0.25, -0.2) is 0 Å². The van der Waals surface area contributed by atoms with Gasteiger partial charge in [0.2, 0.25) is 0 Å². The molecule has 0 radical (unpaired) electrons. The first kappa shape index (κ1) is 14.5. The summed E-state index contributed by atoms with van der Waals surface area (Å²) in [7, 11) is 0. The number of likely N-dealkylation sites (tertiary alicyclic amines) is 1. The van der Waals surface area contributed by atoms with E-state index in [0.29, 0.717) is 0 Å². The van der Waals surface area contributed by atoms with E-state index in [4.69, 9.17) is 0 Å². The molecule has 0 saturated carbocycles. The molecule has 0 bridgehead atoms. The van der Waals surface area contributed by atoms with E-state index in [2.05, 4.69) is 15.2 Å². The molecule has 3 heterocycles. The Balaban J connectivity index is 1.50. The zero-order valence-corrected chi connectivity index (χ0v) is 13.0. The highest BCUT2D eigenvalue weighted by Gasteiger charge is 2.13. The summed E-state index contributed by atoms with van der Waals surface area (Å²) in [5, 5.41) is 9.58. The van der Waals surface area contributed by atoms with Crippen molar-refractivity contribution in [3.63, 3.8) is 0 Å². The van der Waals surface area contributed by atoms with Crippen molar-refractivity contribution in [2.75, 3.05) is 25.4 Å². The molecule has 0 aromatic carbocycles. The van der Waals surface area contributed by atoms with Gasteiger partial charge in [0.15, 0.2) is 0 Å². The Kier molecular flexibility index (Phi) is 5.18. The molecule has 1 fully saturated rings. The summed E-state index contributed by atoms with van der Waals surface area (Å²) in [5.41, 5.74) is 1.71. The Bertz CT molecular complexity index is 538. The maximum Gasteiger partial charge on any atom is 0.119 e. The molecule has 1 N–H and O–H groups in total. The van der Waals surface area contributed by atoms with E-state index in [1.807, 2.05) is 30.3 Å². The Hall–Kier alpha value is -1.46. The molecular weight excluding hydrogens is 280 g/mol. The zero-order chi connectivity index (χ0) is 14.3. The Morgan fingerprint density at radius 1 is 0.952 bits per heavy atom. The fourth-order valence-corrected chi connectivity index (χ4v) is 3.51. The van der Waals surface area contributed by atoms with Crippen LogP contribution in [0.4, 0.5) is 0 Å². The second-order valence-electron chi connectivity index (χ2n) is 5.38. The second-order valence-corrected chi connectivity index (χ2v) is 6.50. The number of piperidine rings is 1. The van der Waals surface area contributed by atoms with Crippen molar-refractivity contribution in [2.24, 2.45) is 0 Å². The average Bonchev–Trinajstić information content (AvgIpc) is 2.57. The third kappa shape index (κ3) is 4.25. The van der Waals surface area contributed by atoms with Gasteiger partial charge in [-0.3, -0.25) is 4.98 Å². The number of hydrogen-bond donors (Lipinski definition) is 1. The van der Waals surface area contributed by atoms with Crippen LogP contribution >= 0.6 is 11.8 Å². The highest BCUT2D eigenvalue weighted by Crippen LogP contribution is 2.17. The predicted molar refractivity (Wildman–Crippen MR) is 85.4 cm³/mol. The van der Waals surface area contributed by atoms with E-state index in [-0.39, 0.29) is 0 Å². The van der Waals surface area contributed by atoms with Crippen molar-refractivity contribution >= 4 is 11.8 Å². The SMILES string of the molecule is c1ccc(-c2ccc(SCC[NH+]3CCCCC3)nn2)nc1. The van der Waals surface area contributed by atoms with Gasteiger partial charge in [-0.2, -0.15) is 0 Å². The van der Waals surface area contributed by atoms with Crippen molar-refractivity contribution in [3.05, 3.63) is 36.5 Å². The lowest BCUT2D eigenvalue weighted by atomic mass is 10.1. The number of pyridine rings is 1. The van der Waals surface area contributed by atoms with Crippen LogP contribution in [0.25, 0.3) is 11.4 Å². The van der Waals surface area contributed by atoms with Gasteiger partial charge >= 0.3 is 0 Å². The van der Waals surface area contributed by atoms with Crippen LogP contribution in [0.15, 0.2) is 41.6 Å². The van der Waals surface area contributed by atoms with Crippen molar-refractivity contribution in [3.8, 4) is 11.4 Å². The van der Waals surface area contributed by atoms with Gasteiger partial charge in [-0.15, -0.1) is 10.2 Å². The first-order valence-electron chi connectivity index (χ1n) is 7.63. The Morgan fingerprint density at radius 2 is 1.86 bits per heavy atom. The van der Waals surface area contributed by atoms with E-state index in [0.717, 1.165) is 22.2 Å². The lowest BCUT2D eigenvalue weighted by molar-refractivity contribution is -0.902. The van der Waals surface area contributed by atoms with Gasteiger partial charge in [-0.05, 0) is 43.5 Å². The van der Waals surface area contributed by atoms with Crippen LogP contribution < -0.4 is 4.90 Å². The molecule has 5 heteroatoms. The third-order valence-electron chi connectivity index (χ3n) is 3.83. The monoisotopic (exact) mass is 301 g/mol. The highest BCUT2D eigenvalue weighted by atomic mass is 32.2. The van der Waals surface area contributed by atoms with Crippen LogP contribution in [0.5, 0.6) is 0 Å². The van der Waals surface area contributed by atoms with E-state index < -0.39 is 0 Å². The smallest absolute Gasteiger partial charge is 0.119 e. The minimum Gasteiger partial charge on any atom is -0.334 e. The number of nitrogens with one attached hydrogen (secondary N) is 1. The van der Waals surface area contributed by atoms with Crippen LogP contribution in [-0.2, 0) is 0 Å². The first-order valence-corrected chi connectivity index (χ1v) is 8.62. The van der Waals surface area contributed by atoms with Crippen molar-refractivity contribution < 1.29 is 4.90 Å². The number of rotatable bonds is 5. The quantitative estimate of drug-likeness (QED) is 0.854. The number of nitrogens with zero attached hydrogens (tertiary/aromatic N) is 3. The molecule has 110 valence electrons. The number of hydrogen-bond acceptors (Lipinski definition) is 4. The minimum absolute atomic E-state index is 0.835. The standard InChI is InChI=1S/C16H20N4S/c1-4-10-20(11-5-1)12-13-21-16-8-7-15(18-19-16)14-6-2-3-9-17-14/h2-3,6-9H,1,4-5,10-13H2/p+1. The molecule has 3 rings (SSSR count). The van der Waals surface area contributed by atoms with E-state index >= 15 is 0 Å². The molecule has 0 atom stereocenters. The topological polar surface area (TPSA) is 43.1 Å². The molecular formula is C16H21N4S+. The Morgan fingerprint density at radius 3 is 2.57 bits per heavy atom. The molecule has 0 unspecified atom stereocenters. The van der Waals surface area contributed by atoms with Crippen molar-refractivity contribution in [1.29, 1.82) is 0 Å². The van der Waals surface area contributed by atoms with Gasteiger partial charge in [0.1, 0.15) is 10.7 Å². The largest absolute Gasteiger partial charge is 0.334 e. The summed E-state index contributed by atoms with van der Waals surface area (Å²) >= 11 is 1.80. The fourth-order valence-electron chi connectivity index (χ4n) is 2.65. The molecule has 1 aliphatic heterocycles. The maximum absolute atomic E-state index is 4.30. The normalized spacial score (nSPS) is 16.0. The molecule has 21 heavy (non-hydrogen) atoms. The maximum atomic E-state index is 4.30. The molecule has 2 aromatic heterocycles. The van der Waals surface area contributed by atoms with Gasteiger partial charge in [-0.1, -0.05) is 17.8 Å². The average molecular weight is 301 g/mol. The molecule has 0 aliphatic carbocycles. The first-order chi connectivity index (χ1) is 10.4. The van der Waals surface area contributed by atoms with Crippen LogP contribution in [0, 0.1) is 0 Å². The van der Waals surface area contributed by atoms with Gasteiger partial charge in [0.25, 0.3) is 0 Å². The molecule has 1 saturated heterocycles. The molecule has 0 spiro atoms. The summed E-state index contributed by atoms with van der Waals surface area (Å²) in [6, 6.07) is 9.88. The highest BCUT2D eigenvalue weighted by molar-refractivity contribution is 7.99. The van der Waals surface area contributed by atoms with Crippen LogP contribution in [-0.4, -0.2) is 40.6 Å². The van der Waals surface area contributed by atoms with E-state index in [1.54, 1.807) is 22.9 Å². The summed E-state index contributed by atoms with van der Waals surface area (Å²) < 4.78 is 0. The zero-order valence-electron chi connectivity index (χ0n) is 12.2. The second kappa shape index (κ2) is 7.52. The van der Waals surface area contributed by atoms with E-state index in [9.17, 15) is 0 Å². The lowest BCUT2D eigenvalue weighted by Crippen LogP contribution is -3.13. The fraction of sp³-hybridized carbons (Fsp3) is 0.438. The Labute approximate surface area is 130 Å². The molecule has 1 aliphatic rings. The molecule has 0 amide bonds. The van der Waals surface area contributed by atoms with Crippen LogP contribution in [0.1, 0.15) is 19.3 Å². The number of quaternary nitrogens is 1. The van der Waals surface area contributed by atoms with Gasteiger partial charge in [0, 0.05) is 11.9 Å². The minimum atomic E-state index is 0.835. The van der Waals surface area contributed by atoms with E-state index in [1.165, 1.54) is 38.9 Å². The summed E-state index contributed by atoms with van der Waals surface area (Å²) in [4.78, 5) is 6.03.